The highest BCUT2D eigenvalue weighted by atomic mass is 16.5. The molecule has 6 nitrogen and oxygen atoms in total. The number of hydrogen-bond donors (Lipinski definition) is 3. The van der Waals surface area contributed by atoms with E-state index in [1.165, 1.54) is 0 Å². The van der Waals surface area contributed by atoms with E-state index in [9.17, 15) is 9.59 Å². The Morgan fingerprint density at radius 3 is 2.53 bits per heavy atom. The second-order valence-corrected chi connectivity index (χ2v) is 4.64. The Kier molecular flexibility index (Phi) is 9.52. The van der Waals surface area contributed by atoms with Crippen LogP contribution in [0.1, 0.15) is 33.6 Å². The lowest BCUT2D eigenvalue weighted by atomic mass is 10.1. The maximum Gasteiger partial charge on any atom is 0.333 e. The summed E-state index contributed by atoms with van der Waals surface area (Å²) in [5.41, 5.74) is 4.57. The van der Waals surface area contributed by atoms with Crippen LogP contribution in [0.3, 0.4) is 0 Å². The van der Waals surface area contributed by atoms with Crippen LogP contribution in [0.4, 0.5) is 4.79 Å². The smallest absolute Gasteiger partial charge is 0.333 e. The molecule has 0 aliphatic heterocycles. The fourth-order valence-electron chi connectivity index (χ4n) is 1.14. The molecular formula is C13H25N3O3. The van der Waals surface area contributed by atoms with Gasteiger partial charge >= 0.3 is 6.03 Å². The van der Waals surface area contributed by atoms with Gasteiger partial charge in [-0.25, -0.2) is 10.2 Å². The van der Waals surface area contributed by atoms with Gasteiger partial charge in [0.1, 0.15) is 6.10 Å². The quantitative estimate of drug-likeness (QED) is 0.354. The monoisotopic (exact) mass is 271 g/mol. The zero-order valence-electron chi connectivity index (χ0n) is 12.0. The zero-order chi connectivity index (χ0) is 14.7. The van der Waals surface area contributed by atoms with E-state index >= 15 is 0 Å². The summed E-state index contributed by atoms with van der Waals surface area (Å²) >= 11 is 0. The first-order valence-corrected chi connectivity index (χ1v) is 6.53. The molecule has 0 aliphatic carbocycles. The molecule has 0 saturated heterocycles. The largest absolute Gasteiger partial charge is 0.368 e. The van der Waals surface area contributed by atoms with Gasteiger partial charge in [0.25, 0.3) is 5.91 Å². The Balaban J connectivity index is 3.70. The van der Waals surface area contributed by atoms with Gasteiger partial charge in [0.2, 0.25) is 0 Å². The predicted molar refractivity (Wildman–Crippen MR) is 74.4 cm³/mol. The second-order valence-electron chi connectivity index (χ2n) is 4.64. The average molecular weight is 271 g/mol. The number of urea groups is 1. The van der Waals surface area contributed by atoms with E-state index in [1.807, 2.05) is 0 Å². The summed E-state index contributed by atoms with van der Waals surface area (Å²) in [7, 11) is 0. The number of carbonyl (C=O) groups excluding carboxylic acids is 2. The van der Waals surface area contributed by atoms with Crippen molar-refractivity contribution >= 4 is 11.9 Å². The first-order chi connectivity index (χ1) is 8.97. The summed E-state index contributed by atoms with van der Waals surface area (Å²) < 4.78 is 5.23. The van der Waals surface area contributed by atoms with E-state index < -0.39 is 12.1 Å². The standard InChI is InChI=1S/C13H25N3O3/c1-5-6-9-19-11(4)12(17)15-16-13(18)14-8-7-10(2)3/h5,10-11H,1,6-9H2,2-4H3,(H,15,17)(H2,14,16,18). The van der Waals surface area contributed by atoms with Crippen molar-refractivity contribution in [1.29, 1.82) is 0 Å². The van der Waals surface area contributed by atoms with Gasteiger partial charge in [-0.05, 0) is 25.7 Å². The van der Waals surface area contributed by atoms with Gasteiger partial charge < -0.3 is 10.1 Å². The van der Waals surface area contributed by atoms with Gasteiger partial charge in [-0.3, -0.25) is 10.2 Å². The molecule has 0 heterocycles. The minimum atomic E-state index is -0.615. The van der Waals surface area contributed by atoms with Crippen molar-refractivity contribution in [2.24, 2.45) is 5.92 Å². The van der Waals surface area contributed by atoms with Crippen molar-refractivity contribution in [2.45, 2.75) is 39.7 Å². The molecule has 0 spiro atoms. The van der Waals surface area contributed by atoms with Crippen molar-refractivity contribution in [3.63, 3.8) is 0 Å². The lowest BCUT2D eigenvalue weighted by molar-refractivity contribution is -0.132. The zero-order valence-corrected chi connectivity index (χ0v) is 12.0. The normalized spacial score (nSPS) is 11.8. The van der Waals surface area contributed by atoms with Crippen molar-refractivity contribution in [3.05, 3.63) is 12.7 Å². The molecule has 0 fully saturated rings. The minimum Gasteiger partial charge on any atom is -0.368 e. The summed E-state index contributed by atoms with van der Waals surface area (Å²) in [6, 6.07) is -0.424. The molecule has 0 rings (SSSR count). The molecule has 19 heavy (non-hydrogen) atoms. The fourth-order valence-corrected chi connectivity index (χ4v) is 1.14. The minimum absolute atomic E-state index is 0.386. The van der Waals surface area contributed by atoms with Crippen molar-refractivity contribution in [2.75, 3.05) is 13.2 Å². The molecule has 1 atom stereocenters. The van der Waals surface area contributed by atoms with Crippen molar-refractivity contribution in [1.82, 2.24) is 16.2 Å². The van der Waals surface area contributed by atoms with Crippen LogP contribution in [0.2, 0.25) is 0 Å². The third-order valence-electron chi connectivity index (χ3n) is 2.37. The van der Waals surface area contributed by atoms with Gasteiger partial charge in [-0.2, -0.15) is 0 Å². The fraction of sp³-hybridized carbons (Fsp3) is 0.692. The van der Waals surface area contributed by atoms with Crippen LogP contribution >= 0.6 is 0 Å². The van der Waals surface area contributed by atoms with Gasteiger partial charge in [0.05, 0.1) is 6.61 Å². The molecule has 0 bridgehead atoms. The van der Waals surface area contributed by atoms with Gasteiger partial charge in [-0.1, -0.05) is 19.9 Å². The van der Waals surface area contributed by atoms with Crippen LogP contribution in [-0.2, 0) is 9.53 Å². The van der Waals surface area contributed by atoms with Crippen molar-refractivity contribution < 1.29 is 14.3 Å². The van der Waals surface area contributed by atoms with Crippen molar-refractivity contribution in [3.8, 4) is 0 Å². The molecule has 0 saturated carbocycles. The Morgan fingerprint density at radius 2 is 1.95 bits per heavy atom. The van der Waals surface area contributed by atoms with E-state index in [0.29, 0.717) is 25.5 Å². The molecule has 0 aromatic heterocycles. The van der Waals surface area contributed by atoms with Gasteiger partial charge in [0, 0.05) is 6.54 Å². The Bertz CT molecular complexity index is 293. The Morgan fingerprint density at radius 1 is 1.26 bits per heavy atom. The molecule has 1 unspecified atom stereocenters. The number of amides is 3. The van der Waals surface area contributed by atoms with Crippen LogP contribution in [0.5, 0.6) is 0 Å². The highest BCUT2D eigenvalue weighted by molar-refractivity contribution is 5.83. The van der Waals surface area contributed by atoms with E-state index in [2.05, 4.69) is 36.6 Å². The molecule has 3 amide bonds. The summed E-state index contributed by atoms with van der Waals surface area (Å²) in [6.07, 6.45) is 2.67. The molecule has 0 aromatic rings. The molecule has 6 heteroatoms. The molecule has 3 N–H and O–H groups in total. The summed E-state index contributed by atoms with van der Waals surface area (Å²) in [5.74, 6) is 0.135. The van der Waals surface area contributed by atoms with Gasteiger partial charge in [0.15, 0.2) is 0 Å². The van der Waals surface area contributed by atoms with E-state index in [-0.39, 0.29) is 5.91 Å². The number of hydrogen-bond acceptors (Lipinski definition) is 3. The van der Waals surface area contributed by atoms with Crippen LogP contribution in [-0.4, -0.2) is 31.2 Å². The third kappa shape index (κ3) is 10.1. The first-order valence-electron chi connectivity index (χ1n) is 6.53. The summed E-state index contributed by atoms with van der Waals surface area (Å²) in [6.45, 7) is 10.3. The lowest BCUT2D eigenvalue weighted by Gasteiger charge is -2.14. The summed E-state index contributed by atoms with van der Waals surface area (Å²) in [5, 5.41) is 2.64. The molecule has 0 radical (unpaired) electrons. The maximum absolute atomic E-state index is 11.5. The number of nitrogens with one attached hydrogen (secondary N) is 3. The molecule has 0 aliphatic rings. The number of ether oxygens (including phenoxy) is 1. The average Bonchev–Trinajstić information content (AvgIpc) is 2.35. The molecular weight excluding hydrogens is 246 g/mol. The second kappa shape index (κ2) is 10.4. The van der Waals surface area contributed by atoms with Crippen LogP contribution in [0.15, 0.2) is 12.7 Å². The van der Waals surface area contributed by atoms with E-state index in [4.69, 9.17) is 4.74 Å². The number of rotatable bonds is 8. The third-order valence-corrected chi connectivity index (χ3v) is 2.37. The van der Waals surface area contributed by atoms with Crippen LogP contribution < -0.4 is 16.2 Å². The van der Waals surface area contributed by atoms with Crippen LogP contribution in [0, 0.1) is 5.92 Å². The summed E-state index contributed by atoms with van der Waals surface area (Å²) in [4.78, 5) is 22.8. The van der Waals surface area contributed by atoms with E-state index in [0.717, 1.165) is 6.42 Å². The van der Waals surface area contributed by atoms with E-state index in [1.54, 1.807) is 13.0 Å². The highest BCUT2D eigenvalue weighted by Crippen LogP contribution is 1.96. The lowest BCUT2D eigenvalue weighted by Crippen LogP contribution is -2.50. The number of carbonyl (C=O) groups is 2. The SMILES string of the molecule is C=CCCOC(C)C(=O)NNC(=O)NCCC(C)C. The number of hydrazine groups is 1. The molecule has 0 aromatic carbocycles. The molecule has 110 valence electrons. The Hall–Kier alpha value is -1.56. The Labute approximate surface area is 114 Å². The highest BCUT2D eigenvalue weighted by Gasteiger charge is 2.13. The maximum atomic E-state index is 11.5. The van der Waals surface area contributed by atoms with Crippen LogP contribution in [0.25, 0.3) is 0 Å². The topological polar surface area (TPSA) is 79.5 Å². The first kappa shape index (κ1) is 17.4. The van der Waals surface area contributed by atoms with Gasteiger partial charge in [-0.15, -0.1) is 6.58 Å². The predicted octanol–water partition coefficient (Wildman–Crippen LogP) is 1.34.